The van der Waals surface area contributed by atoms with Crippen molar-refractivity contribution in [3.8, 4) is 0 Å². The molecule has 1 aliphatic rings. The summed E-state index contributed by atoms with van der Waals surface area (Å²) in [5.74, 6) is -0.348. The zero-order valence-electron chi connectivity index (χ0n) is 11.6. The predicted octanol–water partition coefficient (Wildman–Crippen LogP) is 0.716. The molecule has 0 radical (unpaired) electrons. The maximum atomic E-state index is 13.9. The van der Waals surface area contributed by atoms with Crippen LogP contribution in [0.5, 0.6) is 0 Å². The number of imidazole rings is 1. The van der Waals surface area contributed by atoms with E-state index in [-0.39, 0.29) is 11.5 Å². The molecule has 0 bridgehead atoms. The van der Waals surface area contributed by atoms with E-state index in [1.807, 2.05) is 0 Å². The van der Waals surface area contributed by atoms with Gasteiger partial charge in [0.2, 0.25) is 0 Å². The fourth-order valence-electron chi connectivity index (χ4n) is 2.70. The van der Waals surface area contributed by atoms with Crippen molar-refractivity contribution >= 4 is 11.0 Å². The number of fused-ring (bicyclic) bond motifs is 1. The second-order valence-electron chi connectivity index (χ2n) is 5.36. The molecule has 0 amide bonds. The average molecular weight is 278 g/mol. The van der Waals surface area contributed by atoms with E-state index in [1.54, 1.807) is 12.1 Å². The highest BCUT2D eigenvalue weighted by atomic mass is 19.1. The largest absolute Gasteiger partial charge is 0.326 e. The Bertz CT molecular complexity index is 655. The van der Waals surface area contributed by atoms with Gasteiger partial charge >= 0.3 is 5.69 Å². The Morgan fingerprint density at radius 2 is 1.95 bits per heavy atom. The molecule has 1 aliphatic heterocycles. The highest BCUT2D eigenvalue weighted by molar-refractivity contribution is 5.75. The molecular weight excluding hydrogens is 259 g/mol. The Morgan fingerprint density at radius 1 is 1.20 bits per heavy atom. The minimum Gasteiger partial charge on any atom is -0.305 e. The van der Waals surface area contributed by atoms with Crippen LogP contribution in [0.15, 0.2) is 23.0 Å². The molecule has 2 heterocycles. The monoisotopic (exact) mass is 278 g/mol. The molecule has 3 rings (SSSR count). The number of piperazine rings is 1. The number of hydrogen-bond acceptors (Lipinski definition) is 3. The van der Waals surface area contributed by atoms with Gasteiger partial charge in [-0.1, -0.05) is 6.07 Å². The van der Waals surface area contributed by atoms with Crippen molar-refractivity contribution in [1.82, 2.24) is 19.4 Å². The summed E-state index contributed by atoms with van der Waals surface area (Å²) in [6.45, 7) is 5.36. The van der Waals surface area contributed by atoms with Gasteiger partial charge in [-0.3, -0.25) is 9.47 Å². The van der Waals surface area contributed by atoms with Gasteiger partial charge in [-0.2, -0.15) is 0 Å². The van der Waals surface area contributed by atoms with Crippen molar-refractivity contribution in [2.24, 2.45) is 0 Å². The number of H-pyrrole nitrogens is 1. The Kier molecular flexibility index (Phi) is 3.58. The van der Waals surface area contributed by atoms with Crippen LogP contribution in [0.4, 0.5) is 4.39 Å². The molecule has 1 aromatic carbocycles. The second kappa shape index (κ2) is 5.38. The van der Waals surface area contributed by atoms with Crippen molar-refractivity contribution in [2.45, 2.75) is 6.54 Å². The molecule has 1 N–H and O–H groups in total. The number of para-hydroxylation sites is 1. The van der Waals surface area contributed by atoms with E-state index >= 15 is 0 Å². The molecule has 0 unspecified atom stereocenters. The zero-order chi connectivity index (χ0) is 14.1. The summed E-state index contributed by atoms with van der Waals surface area (Å²) >= 11 is 0. The number of aromatic amines is 1. The standard InChI is InChI=1S/C14H19FN4O/c1-17-5-7-18(8-6-17)9-10-19-13-11(15)3-2-4-12(13)16-14(19)20/h2-4H,5-10H2,1H3,(H,16,20). The molecule has 5 nitrogen and oxygen atoms in total. The van der Waals surface area contributed by atoms with E-state index in [9.17, 15) is 9.18 Å². The van der Waals surface area contributed by atoms with Crippen LogP contribution in [0.2, 0.25) is 0 Å². The van der Waals surface area contributed by atoms with Gasteiger partial charge in [0, 0.05) is 39.3 Å². The summed E-state index contributed by atoms with van der Waals surface area (Å²) in [4.78, 5) is 19.2. The summed E-state index contributed by atoms with van der Waals surface area (Å²) in [5.41, 5.74) is 0.708. The number of halogens is 1. The molecule has 0 saturated carbocycles. The lowest BCUT2D eigenvalue weighted by Gasteiger charge is -2.32. The number of benzene rings is 1. The Hall–Kier alpha value is -1.66. The molecule has 0 spiro atoms. The van der Waals surface area contributed by atoms with Crippen LogP contribution in [-0.4, -0.2) is 59.1 Å². The topological polar surface area (TPSA) is 44.3 Å². The summed E-state index contributed by atoms with van der Waals surface area (Å²) in [6, 6.07) is 4.73. The van der Waals surface area contributed by atoms with Gasteiger partial charge in [-0.05, 0) is 19.2 Å². The number of rotatable bonds is 3. The number of nitrogens with one attached hydrogen (secondary N) is 1. The molecule has 1 fully saturated rings. The van der Waals surface area contributed by atoms with Gasteiger partial charge in [0.15, 0.2) is 0 Å². The maximum Gasteiger partial charge on any atom is 0.326 e. The first-order chi connectivity index (χ1) is 9.65. The van der Waals surface area contributed by atoms with E-state index in [4.69, 9.17) is 0 Å². The second-order valence-corrected chi connectivity index (χ2v) is 5.36. The van der Waals surface area contributed by atoms with E-state index < -0.39 is 0 Å². The minimum atomic E-state index is -0.348. The molecule has 0 aliphatic carbocycles. The number of aromatic nitrogens is 2. The molecule has 2 aromatic rings. The fraction of sp³-hybridized carbons (Fsp3) is 0.500. The lowest BCUT2D eigenvalue weighted by Crippen LogP contribution is -2.45. The summed E-state index contributed by atoms with van der Waals surface area (Å²) in [5, 5.41) is 0. The normalized spacial score (nSPS) is 17.9. The number of likely N-dealkylation sites (N-methyl/N-ethyl adjacent to an activating group) is 1. The fourth-order valence-corrected chi connectivity index (χ4v) is 2.70. The third-order valence-corrected chi connectivity index (χ3v) is 3.98. The third-order valence-electron chi connectivity index (χ3n) is 3.98. The molecule has 0 atom stereocenters. The molecular formula is C14H19FN4O. The van der Waals surface area contributed by atoms with Crippen LogP contribution < -0.4 is 5.69 Å². The summed E-state index contributed by atoms with van der Waals surface area (Å²) in [7, 11) is 2.11. The smallest absolute Gasteiger partial charge is 0.305 e. The minimum absolute atomic E-state index is 0.237. The highest BCUT2D eigenvalue weighted by Gasteiger charge is 2.15. The first-order valence-corrected chi connectivity index (χ1v) is 6.93. The Balaban J connectivity index is 1.78. The predicted molar refractivity (Wildman–Crippen MR) is 76.5 cm³/mol. The first-order valence-electron chi connectivity index (χ1n) is 6.93. The molecule has 1 aromatic heterocycles. The van der Waals surface area contributed by atoms with E-state index in [2.05, 4.69) is 21.8 Å². The summed E-state index contributed by atoms with van der Waals surface area (Å²) < 4.78 is 15.4. The third kappa shape index (κ3) is 2.48. The lowest BCUT2D eigenvalue weighted by molar-refractivity contribution is 0.150. The van der Waals surface area contributed by atoms with Gasteiger partial charge in [-0.15, -0.1) is 0 Å². The van der Waals surface area contributed by atoms with Crippen molar-refractivity contribution in [1.29, 1.82) is 0 Å². The van der Waals surface area contributed by atoms with E-state index in [0.29, 0.717) is 17.6 Å². The average Bonchev–Trinajstić information content (AvgIpc) is 2.75. The van der Waals surface area contributed by atoms with Crippen LogP contribution >= 0.6 is 0 Å². The molecule has 108 valence electrons. The number of nitrogens with zero attached hydrogens (tertiary/aromatic N) is 3. The van der Waals surface area contributed by atoms with E-state index in [0.717, 1.165) is 32.7 Å². The lowest BCUT2D eigenvalue weighted by atomic mass is 10.3. The van der Waals surface area contributed by atoms with Gasteiger partial charge in [-0.25, -0.2) is 9.18 Å². The van der Waals surface area contributed by atoms with Crippen LogP contribution in [0.25, 0.3) is 11.0 Å². The Morgan fingerprint density at radius 3 is 2.70 bits per heavy atom. The summed E-state index contributed by atoms with van der Waals surface area (Å²) in [6.07, 6.45) is 0. The van der Waals surface area contributed by atoms with Gasteiger partial charge in [0.1, 0.15) is 11.3 Å². The molecule has 6 heteroatoms. The van der Waals surface area contributed by atoms with Crippen LogP contribution in [0, 0.1) is 5.82 Å². The van der Waals surface area contributed by atoms with Gasteiger partial charge in [0.05, 0.1) is 5.52 Å². The van der Waals surface area contributed by atoms with Gasteiger partial charge in [0.25, 0.3) is 0 Å². The van der Waals surface area contributed by atoms with E-state index in [1.165, 1.54) is 10.6 Å². The first kappa shape index (κ1) is 13.3. The maximum absolute atomic E-state index is 13.9. The SMILES string of the molecule is CN1CCN(CCn2c(=O)[nH]c3cccc(F)c32)CC1. The van der Waals surface area contributed by atoms with Crippen LogP contribution in [0.1, 0.15) is 0 Å². The molecule has 20 heavy (non-hydrogen) atoms. The van der Waals surface area contributed by atoms with Crippen molar-refractivity contribution in [3.63, 3.8) is 0 Å². The zero-order valence-corrected chi connectivity index (χ0v) is 11.6. The van der Waals surface area contributed by atoms with Crippen LogP contribution in [-0.2, 0) is 6.54 Å². The van der Waals surface area contributed by atoms with Crippen molar-refractivity contribution < 1.29 is 4.39 Å². The quantitative estimate of drug-likeness (QED) is 0.899. The van der Waals surface area contributed by atoms with Crippen LogP contribution in [0.3, 0.4) is 0 Å². The van der Waals surface area contributed by atoms with Gasteiger partial charge < -0.3 is 9.88 Å². The molecule has 1 saturated heterocycles. The Labute approximate surface area is 116 Å². The van der Waals surface area contributed by atoms with Crippen molar-refractivity contribution in [2.75, 3.05) is 39.8 Å². The van der Waals surface area contributed by atoms with Crippen molar-refractivity contribution in [3.05, 3.63) is 34.5 Å². The highest BCUT2D eigenvalue weighted by Crippen LogP contribution is 2.14. The number of hydrogen-bond donors (Lipinski definition) is 1.